The summed E-state index contributed by atoms with van der Waals surface area (Å²) >= 11 is 0. The van der Waals surface area contributed by atoms with Crippen molar-refractivity contribution in [3.05, 3.63) is 89.5 Å². The Morgan fingerprint density at radius 1 is 0.818 bits per heavy atom. The summed E-state index contributed by atoms with van der Waals surface area (Å²) in [4.78, 5) is 27.3. The maximum atomic E-state index is 12.6. The molecule has 0 aromatic heterocycles. The van der Waals surface area contributed by atoms with Gasteiger partial charge in [-0.1, -0.05) is 55.0 Å². The molecular formula is C35H44N4O5. The van der Waals surface area contributed by atoms with Gasteiger partial charge in [-0.05, 0) is 74.2 Å². The number of aliphatic hydroxyl groups is 1. The summed E-state index contributed by atoms with van der Waals surface area (Å²) in [5.41, 5.74) is 10.6. The lowest BCUT2D eigenvalue weighted by atomic mass is 9.99. The number of aliphatic hydroxyl groups excluding tert-OH is 1. The van der Waals surface area contributed by atoms with Crippen molar-refractivity contribution in [1.29, 1.82) is 0 Å². The molecule has 2 aliphatic heterocycles. The number of anilines is 3. The van der Waals surface area contributed by atoms with Gasteiger partial charge in [0.25, 0.3) is 0 Å². The van der Waals surface area contributed by atoms with Crippen LogP contribution in [0.4, 0.5) is 17.1 Å². The quantitative estimate of drug-likeness (QED) is 0.150. The number of nitrogens with zero attached hydrogens (tertiary/aromatic N) is 1. The summed E-state index contributed by atoms with van der Waals surface area (Å²) in [6.07, 6.45) is 5.74. The minimum Gasteiger partial charge on any atom is -0.397 e. The number of benzene rings is 3. The van der Waals surface area contributed by atoms with Crippen LogP contribution in [0.3, 0.4) is 0 Å². The smallest absolute Gasteiger partial charge is 0.224 e. The molecule has 234 valence electrons. The number of carbonyl (C=O) groups excluding carboxylic acids is 2. The Hall–Kier alpha value is -3.76. The average molecular weight is 601 g/mol. The summed E-state index contributed by atoms with van der Waals surface area (Å²) in [5, 5.41) is 15.2. The van der Waals surface area contributed by atoms with Gasteiger partial charge in [0.05, 0.1) is 30.2 Å². The van der Waals surface area contributed by atoms with E-state index in [-0.39, 0.29) is 30.6 Å². The maximum absolute atomic E-state index is 12.6. The summed E-state index contributed by atoms with van der Waals surface area (Å²) in [6.45, 7) is 3.10. The molecule has 44 heavy (non-hydrogen) atoms. The molecule has 5 N–H and O–H groups in total. The second kappa shape index (κ2) is 15.8. The van der Waals surface area contributed by atoms with Crippen LogP contribution in [0.2, 0.25) is 0 Å². The molecule has 2 saturated heterocycles. The van der Waals surface area contributed by atoms with E-state index in [4.69, 9.17) is 15.2 Å². The van der Waals surface area contributed by atoms with Gasteiger partial charge in [0.1, 0.15) is 0 Å². The number of ether oxygens (including phenoxy) is 2. The minimum absolute atomic E-state index is 0.0137. The molecule has 2 amide bonds. The van der Waals surface area contributed by atoms with Crippen LogP contribution in [0, 0.1) is 0 Å². The second-order valence-electron chi connectivity index (χ2n) is 11.7. The number of nitrogens with one attached hydrogen (secondary N) is 2. The fourth-order valence-electron chi connectivity index (χ4n) is 5.80. The number of amides is 2. The molecule has 2 fully saturated rings. The molecule has 2 heterocycles. The van der Waals surface area contributed by atoms with Crippen molar-refractivity contribution < 1.29 is 24.2 Å². The largest absolute Gasteiger partial charge is 0.397 e. The Bertz CT molecular complexity index is 1360. The Morgan fingerprint density at radius 3 is 2.16 bits per heavy atom. The van der Waals surface area contributed by atoms with Crippen LogP contribution in [0.5, 0.6) is 0 Å². The fraction of sp³-hybridized carbons (Fsp3) is 0.429. The second-order valence-corrected chi connectivity index (χ2v) is 11.7. The molecule has 0 radical (unpaired) electrons. The van der Waals surface area contributed by atoms with E-state index < -0.39 is 6.29 Å². The third-order valence-electron chi connectivity index (χ3n) is 8.28. The normalized spacial score (nSPS) is 20.6. The number of hydrogen-bond acceptors (Lipinski definition) is 7. The SMILES string of the molecule is Nc1ccccc1NC(=O)CCCCC(=O)Nc1ccc([C@H]2O[C@@H](CN3CCCCC3)C[C@@H](c3ccc(CO)cc3)O2)cc1. The zero-order valence-corrected chi connectivity index (χ0v) is 25.3. The number of piperidine rings is 1. The maximum Gasteiger partial charge on any atom is 0.224 e. The Kier molecular flexibility index (Phi) is 11.4. The van der Waals surface area contributed by atoms with Crippen LogP contribution >= 0.6 is 0 Å². The molecule has 9 heteroatoms. The van der Waals surface area contributed by atoms with Gasteiger partial charge in [0.15, 0.2) is 6.29 Å². The van der Waals surface area contributed by atoms with Crippen molar-refractivity contribution >= 4 is 28.9 Å². The third kappa shape index (κ3) is 9.12. The lowest BCUT2D eigenvalue weighted by Crippen LogP contribution is -2.41. The number of para-hydroxylation sites is 2. The van der Waals surface area contributed by atoms with E-state index in [9.17, 15) is 14.7 Å². The highest BCUT2D eigenvalue weighted by Crippen LogP contribution is 2.38. The summed E-state index contributed by atoms with van der Waals surface area (Å²) in [5.74, 6) is -0.211. The van der Waals surface area contributed by atoms with Crippen LogP contribution in [0.25, 0.3) is 0 Å². The van der Waals surface area contributed by atoms with Gasteiger partial charge in [0, 0.05) is 37.1 Å². The van der Waals surface area contributed by atoms with Crippen molar-refractivity contribution in [2.75, 3.05) is 36.0 Å². The Balaban J connectivity index is 1.12. The molecule has 2 aliphatic rings. The Labute approximate surface area is 259 Å². The highest BCUT2D eigenvalue weighted by molar-refractivity contribution is 5.94. The highest BCUT2D eigenvalue weighted by Gasteiger charge is 2.33. The number of rotatable bonds is 12. The van der Waals surface area contributed by atoms with E-state index in [2.05, 4.69) is 15.5 Å². The first-order chi connectivity index (χ1) is 21.5. The first kappa shape index (κ1) is 31.7. The van der Waals surface area contributed by atoms with Crippen LogP contribution in [0.1, 0.15) is 80.5 Å². The van der Waals surface area contributed by atoms with Crippen molar-refractivity contribution in [3.8, 4) is 0 Å². The number of unbranched alkanes of at least 4 members (excludes halogenated alkanes) is 1. The van der Waals surface area contributed by atoms with E-state index in [1.165, 1.54) is 19.3 Å². The van der Waals surface area contributed by atoms with E-state index in [1.54, 1.807) is 12.1 Å². The number of hydrogen-bond donors (Lipinski definition) is 4. The van der Waals surface area contributed by atoms with Crippen molar-refractivity contribution in [2.45, 2.75) is 76.5 Å². The van der Waals surface area contributed by atoms with Gasteiger partial charge in [-0.25, -0.2) is 0 Å². The van der Waals surface area contributed by atoms with Crippen LogP contribution in [0.15, 0.2) is 72.8 Å². The van der Waals surface area contributed by atoms with Gasteiger partial charge in [-0.15, -0.1) is 0 Å². The number of carbonyl (C=O) groups is 2. The van der Waals surface area contributed by atoms with Crippen molar-refractivity contribution in [2.24, 2.45) is 0 Å². The standard InChI is InChI=1S/C35H44N4O5/c36-30-8-2-3-9-31(30)38-34(42)11-5-4-10-33(41)37-28-18-16-27(17-19-28)35-43-29(23-39-20-6-1-7-21-39)22-32(44-35)26-14-12-25(24-40)13-15-26/h2-3,8-9,12-19,29,32,35,40H,1,4-7,10-11,20-24,36H2,(H,37,41)(H,38,42)/t29-,32+,35+/m1/s1. The molecule has 0 bridgehead atoms. The molecular weight excluding hydrogens is 556 g/mol. The summed E-state index contributed by atoms with van der Waals surface area (Å²) in [7, 11) is 0. The predicted molar refractivity (Wildman–Crippen MR) is 172 cm³/mol. The number of nitrogen functional groups attached to an aromatic ring is 1. The summed E-state index contributed by atoms with van der Waals surface area (Å²) in [6, 6.07) is 22.7. The van der Waals surface area contributed by atoms with Crippen molar-refractivity contribution in [1.82, 2.24) is 4.90 Å². The molecule has 3 aromatic rings. The van der Waals surface area contributed by atoms with Gasteiger partial charge in [-0.2, -0.15) is 0 Å². The van der Waals surface area contributed by atoms with Crippen molar-refractivity contribution in [3.63, 3.8) is 0 Å². The molecule has 3 atom stereocenters. The first-order valence-corrected chi connectivity index (χ1v) is 15.7. The van der Waals surface area contributed by atoms with Crippen LogP contribution < -0.4 is 16.4 Å². The van der Waals surface area contributed by atoms with Gasteiger partial charge >= 0.3 is 0 Å². The van der Waals surface area contributed by atoms with E-state index in [0.717, 1.165) is 42.7 Å². The monoisotopic (exact) mass is 600 g/mol. The van der Waals surface area contributed by atoms with Gasteiger partial charge in [0.2, 0.25) is 11.8 Å². The first-order valence-electron chi connectivity index (χ1n) is 15.7. The van der Waals surface area contributed by atoms with Crippen LogP contribution in [-0.4, -0.2) is 47.6 Å². The van der Waals surface area contributed by atoms with E-state index >= 15 is 0 Å². The predicted octanol–water partition coefficient (Wildman–Crippen LogP) is 5.93. The lowest BCUT2D eigenvalue weighted by molar-refractivity contribution is -0.253. The molecule has 0 spiro atoms. The van der Waals surface area contributed by atoms with E-state index in [1.807, 2.05) is 60.7 Å². The van der Waals surface area contributed by atoms with Gasteiger partial charge in [-0.3, -0.25) is 9.59 Å². The Morgan fingerprint density at radius 2 is 1.48 bits per heavy atom. The van der Waals surface area contributed by atoms with Crippen LogP contribution in [-0.2, 0) is 25.7 Å². The molecule has 5 rings (SSSR count). The zero-order chi connectivity index (χ0) is 30.7. The molecule has 0 unspecified atom stereocenters. The minimum atomic E-state index is -0.525. The fourth-order valence-corrected chi connectivity index (χ4v) is 5.80. The molecule has 0 saturated carbocycles. The third-order valence-corrected chi connectivity index (χ3v) is 8.28. The average Bonchev–Trinajstić information content (AvgIpc) is 3.05. The molecule has 0 aliphatic carbocycles. The van der Waals surface area contributed by atoms with E-state index in [0.29, 0.717) is 42.7 Å². The van der Waals surface area contributed by atoms with Gasteiger partial charge < -0.3 is 35.8 Å². The lowest BCUT2D eigenvalue weighted by Gasteiger charge is -2.39. The number of nitrogens with two attached hydrogens (primary N) is 1. The summed E-state index contributed by atoms with van der Waals surface area (Å²) < 4.78 is 13.0. The zero-order valence-electron chi connectivity index (χ0n) is 25.3. The highest BCUT2D eigenvalue weighted by atomic mass is 16.7. The topological polar surface area (TPSA) is 126 Å². The molecule has 3 aromatic carbocycles. The number of likely N-dealkylation sites (tertiary alicyclic amines) is 1. The molecule has 9 nitrogen and oxygen atoms in total.